The first kappa shape index (κ1) is 14.8. The van der Waals surface area contributed by atoms with Crippen LogP contribution in [0, 0.1) is 0 Å². The fourth-order valence-corrected chi connectivity index (χ4v) is 1.74. The van der Waals surface area contributed by atoms with Gasteiger partial charge in [-0.05, 0) is 46.4 Å². The van der Waals surface area contributed by atoms with Gasteiger partial charge in [-0.25, -0.2) is 0 Å². The van der Waals surface area contributed by atoms with Crippen LogP contribution in [-0.2, 0) is 9.53 Å². The Morgan fingerprint density at radius 2 is 2.07 bits per heavy atom. The van der Waals surface area contributed by atoms with Gasteiger partial charge in [0.25, 0.3) is 0 Å². The minimum absolute atomic E-state index is 0.105. The first-order valence-electron chi connectivity index (χ1n) is 5.44. The SMILES string of the molecule is CCOC(=O)CSCCCNC(C)(C)C. The number of carbonyl (C=O) groups excluding carboxylic acids is 1. The molecule has 0 aliphatic rings. The minimum atomic E-state index is -0.105. The van der Waals surface area contributed by atoms with E-state index in [0.717, 1.165) is 18.7 Å². The Labute approximate surface area is 97.3 Å². The molecule has 0 amide bonds. The van der Waals surface area contributed by atoms with Crippen molar-refractivity contribution in [2.45, 2.75) is 39.7 Å². The van der Waals surface area contributed by atoms with Crippen LogP contribution in [0.2, 0.25) is 0 Å². The molecule has 0 aromatic rings. The number of esters is 1. The normalized spacial score (nSPS) is 11.5. The number of nitrogens with one attached hydrogen (secondary N) is 1. The van der Waals surface area contributed by atoms with Gasteiger partial charge < -0.3 is 10.1 Å². The number of carbonyl (C=O) groups is 1. The van der Waals surface area contributed by atoms with Crippen LogP contribution in [0.25, 0.3) is 0 Å². The molecule has 0 aromatic carbocycles. The highest BCUT2D eigenvalue weighted by atomic mass is 32.2. The molecule has 0 spiro atoms. The van der Waals surface area contributed by atoms with Gasteiger partial charge in [-0.3, -0.25) is 4.79 Å². The molecule has 15 heavy (non-hydrogen) atoms. The van der Waals surface area contributed by atoms with E-state index in [1.807, 2.05) is 6.92 Å². The molecule has 0 aromatic heterocycles. The Morgan fingerprint density at radius 1 is 1.40 bits per heavy atom. The van der Waals surface area contributed by atoms with Crippen LogP contribution in [0.1, 0.15) is 34.1 Å². The summed E-state index contributed by atoms with van der Waals surface area (Å²) in [5.41, 5.74) is 0.186. The molecule has 0 saturated heterocycles. The van der Waals surface area contributed by atoms with E-state index in [9.17, 15) is 4.79 Å². The lowest BCUT2D eigenvalue weighted by atomic mass is 10.1. The smallest absolute Gasteiger partial charge is 0.315 e. The van der Waals surface area contributed by atoms with Crippen molar-refractivity contribution < 1.29 is 9.53 Å². The highest BCUT2D eigenvalue weighted by molar-refractivity contribution is 7.99. The maximum absolute atomic E-state index is 11.0. The molecule has 0 heterocycles. The lowest BCUT2D eigenvalue weighted by Gasteiger charge is -2.20. The van der Waals surface area contributed by atoms with Crippen LogP contribution >= 0.6 is 11.8 Å². The average molecular weight is 233 g/mol. The summed E-state index contributed by atoms with van der Waals surface area (Å²) in [6.07, 6.45) is 1.08. The maximum atomic E-state index is 11.0. The lowest BCUT2D eigenvalue weighted by molar-refractivity contribution is -0.139. The highest BCUT2D eigenvalue weighted by Crippen LogP contribution is 2.04. The van der Waals surface area contributed by atoms with E-state index in [2.05, 4.69) is 26.1 Å². The van der Waals surface area contributed by atoms with Gasteiger partial charge in [0.15, 0.2) is 0 Å². The van der Waals surface area contributed by atoms with Crippen LogP contribution in [0.5, 0.6) is 0 Å². The number of hydrogen-bond donors (Lipinski definition) is 1. The zero-order valence-electron chi connectivity index (χ0n) is 10.3. The van der Waals surface area contributed by atoms with Crippen LogP contribution in [0.4, 0.5) is 0 Å². The Kier molecular flexibility index (Phi) is 7.88. The fourth-order valence-electron chi connectivity index (χ4n) is 0.996. The van der Waals surface area contributed by atoms with Gasteiger partial charge in [0.2, 0.25) is 0 Å². The summed E-state index contributed by atoms with van der Waals surface area (Å²) in [6, 6.07) is 0. The van der Waals surface area contributed by atoms with Crippen LogP contribution in [0.3, 0.4) is 0 Å². The molecule has 0 bridgehead atoms. The van der Waals surface area contributed by atoms with Gasteiger partial charge in [0, 0.05) is 5.54 Å². The first-order valence-corrected chi connectivity index (χ1v) is 6.59. The summed E-state index contributed by atoms with van der Waals surface area (Å²) < 4.78 is 4.83. The molecule has 0 aliphatic heterocycles. The zero-order chi connectivity index (χ0) is 11.7. The summed E-state index contributed by atoms with van der Waals surface area (Å²) in [5.74, 6) is 1.37. The molecule has 3 nitrogen and oxygen atoms in total. The molecule has 4 heteroatoms. The van der Waals surface area contributed by atoms with Gasteiger partial charge in [-0.1, -0.05) is 0 Å². The van der Waals surface area contributed by atoms with Crippen LogP contribution in [0.15, 0.2) is 0 Å². The zero-order valence-corrected chi connectivity index (χ0v) is 11.1. The summed E-state index contributed by atoms with van der Waals surface area (Å²) in [5, 5.41) is 3.41. The van der Waals surface area contributed by atoms with Crippen molar-refractivity contribution in [1.82, 2.24) is 5.32 Å². The van der Waals surface area contributed by atoms with E-state index in [1.54, 1.807) is 11.8 Å². The van der Waals surface area contributed by atoms with Crippen LogP contribution in [-0.4, -0.2) is 36.2 Å². The van der Waals surface area contributed by atoms with Gasteiger partial charge in [0.1, 0.15) is 0 Å². The lowest BCUT2D eigenvalue weighted by Crippen LogP contribution is -2.36. The van der Waals surface area contributed by atoms with E-state index in [1.165, 1.54) is 0 Å². The molecular formula is C11H23NO2S. The summed E-state index contributed by atoms with van der Waals surface area (Å²) in [4.78, 5) is 11.0. The predicted octanol–water partition coefficient (Wildman–Crippen LogP) is 2.06. The molecule has 0 atom stereocenters. The molecule has 90 valence electrons. The van der Waals surface area contributed by atoms with Crippen molar-refractivity contribution >= 4 is 17.7 Å². The summed E-state index contributed by atoms with van der Waals surface area (Å²) in [6.45, 7) is 9.76. The third kappa shape index (κ3) is 11.7. The van der Waals surface area contributed by atoms with E-state index in [4.69, 9.17) is 4.74 Å². The quantitative estimate of drug-likeness (QED) is 0.539. The topological polar surface area (TPSA) is 38.3 Å². The fraction of sp³-hybridized carbons (Fsp3) is 0.909. The molecule has 0 fully saturated rings. The largest absolute Gasteiger partial charge is 0.465 e. The average Bonchev–Trinajstić information content (AvgIpc) is 2.09. The first-order chi connectivity index (χ1) is 6.95. The second-order valence-electron chi connectivity index (χ2n) is 4.39. The van der Waals surface area contributed by atoms with Crippen molar-refractivity contribution in [3.8, 4) is 0 Å². The van der Waals surface area contributed by atoms with E-state index >= 15 is 0 Å². The number of thioether (sulfide) groups is 1. The van der Waals surface area contributed by atoms with E-state index < -0.39 is 0 Å². The van der Waals surface area contributed by atoms with Crippen molar-refractivity contribution in [1.29, 1.82) is 0 Å². The summed E-state index contributed by atoms with van der Waals surface area (Å²) in [7, 11) is 0. The Hall–Kier alpha value is -0.220. The summed E-state index contributed by atoms with van der Waals surface area (Å²) >= 11 is 1.64. The Balaban J connectivity index is 3.22. The van der Waals surface area contributed by atoms with Gasteiger partial charge >= 0.3 is 5.97 Å². The third-order valence-corrected chi connectivity index (χ3v) is 2.66. The van der Waals surface area contributed by atoms with E-state index in [-0.39, 0.29) is 11.5 Å². The highest BCUT2D eigenvalue weighted by Gasteiger charge is 2.07. The molecule has 0 aliphatic carbocycles. The molecule has 0 rings (SSSR count). The number of ether oxygens (including phenoxy) is 1. The maximum Gasteiger partial charge on any atom is 0.315 e. The van der Waals surface area contributed by atoms with Crippen molar-refractivity contribution in [2.75, 3.05) is 24.7 Å². The second kappa shape index (κ2) is 7.99. The Morgan fingerprint density at radius 3 is 2.60 bits per heavy atom. The molecule has 0 saturated carbocycles. The number of hydrogen-bond acceptors (Lipinski definition) is 4. The van der Waals surface area contributed by atoms with Crippen molar-refractivity contribution in [3.63, 3.8) is 0 Å². The standard InChI is InChI=1S/C11H23NO2S/c1-5-14-10(13)9-15-8-6-7-12-11(2,3)4/h12H,5-9H2,1-4H3. The van der Waals surface area contributed by atoms with Crippen molar-refractivity contribution in [3.05, 3.63) is 0 Å². The van der Waals surface area contributed by atoms with Gasteiger partial charge in [-0.2, -0.15) is 11.8 Å². The van der Waals surface area contributed by atoms with E-state index in [0.29, 0.717) is 12.4 Å². The minimum Gasteiger partial charge on any atom is -0.465 e. The molecular weight excluding hydrogens is 210 g/mol. The van der Waals surface area contributed by atoms with Gasteiger partial charge in [-0.15, -0.1) is 0 Å². The number of rotatable bonds is 7. The van der Waals surface area contributed by atoms with Gasteiger partial charge in [0.05, 0.1) is 12.4 Å². The predicted molar refractivity (Wildman–Crippen MR) is 66.3 cm³/mol. The molecule has 1 N–H and O–H groups in total. The monoisotopic (exact) mass is 233 g/mol. The van der Waals surface area contributed by atoms with Crippen LogP contribution < -0.4 is 5.32 Å². The third-order valence-electron chi connectivity index (χ3n) is 1.65. The molecule has 0 radical (unpaired) electrons. The molecule has 0 unspecified atom stereocenters. The van der Waals surface area contributed by atoms with Crippen molar-refractivity contribution in [2.24, 2.45) is 0 Å². The second-order valence-corrected chi connectivity index (χ2v) is 5.49. The Bertz CT molecular complexity index is 178.